The van der Waals surface area contributed by atoms with Crippen LogP contribution in [0.2, 0.25) is 5.02 Å². The standard InChI is InChI=1S/C15H20ClN3/c1-3-8-15(9-5-10-17-15)14-18-12-7-4-6-11(16)13(12)19(14)2/h4,6-7,17H,3,5,8-10H2,1-2H3. The van der Waals surface area contributed by atoms with E-state index in [0.29, 0.717) is 0 Å². The Balaban J connectivity index is 2.19. The minimum Gasteiger partial charge on any atom is -0.328 e. The summed E-state index contributed by atoms with van der Waals surface area (Å²) in [5.41, 5.74) is 2.07. The number of hydrogen-bond donors (Lipinski definition) is 1. The molecule has 0 saturated carbocycles. The Morgan fingerprint density at radius 3 is 2.95 bits per heavy atom. The SMILES string of the molecule is CCCC1(c2nc3cccc(Cl)c3n2C)CCCN1. The van der Waals surface area contributed by atoms with Crippen molar-refractivity contribution < 1.29 is 0 Å². The van der Waals surface area contributed by atoms with Crippen molar-refractivity contribution in [3.8, 4) is 0 Å². The number of aromatic nitrogens is 2. The van der Waals surface area contributed by atoms with Gasteiger partial charge in [-0.2, -0.15) is 0 Å². The predicted octanol–water partition coefficient (Wildman–Crippen LogP) is 3.61. The average Bonchev–Trinajstić information content (AvgIpc) is 2.97. The molecule has 0 amide bonds. The minimum atomic E-state index is 0.0336. The summed E-state index contributed by atoms with van der Waals surface area (Å²) < 4.78 is 2.17. The van der Waals surface area contributed by atoms with Gasteiger partial charge in [-0.1, -0.05) is 31.0 Å². The van der Waals surface area contributed by atoms with Gasteiger partial charge in [0.05, 0.1) is 21.6 Å². The van der Waals surface area contributed by atoms with Crippen molar-refractivity contribution in [3.05, 3.63) is 29.0 Å². The molecule has 0 spiro atoms. The molecule has 4 heteroatoms. The second-order valence-electron chi connectivity index (χ2n) is 5.46. The molecule has 0 bridgehead atoms. The molecule has 3 rings (SSSR count). The first-order chi connectivity index (χ1) is 9.18. The first kappa shape index (κ1) is 12.9. The molecule has 1 N–H and O–H groups in total. The van der Waals surface area contributed by atoms with Crippen molar-refractivity contribution in [1.29, 1.82) is 0 Å². The predicted molar refractivity (Wildman–Crippen MR) is 79.5 cm³/mol. The Morgan fingerprint density at radius 2 is 2.32 bits per heavy atom. The van der Waals surface area contributed by atoms with E-state index in [1.54, 1.807) is 0 Å². The highest BCUT2D eigenvalue weighted by atomic mass is 35.5. The van der Waals surface area contributed by atoms with E-state index in [1.807, 2.05) is 18.2 Å². The van der Waals surface area contributed by atoms with Gasteiger partial charge in [-0.15, -0.1) is 0 Å². The highest BCUT2D eigenvalue weighted by molar-refractivity contribution is 6.35. The maximum absolute atomic E-state index is 6.32. The number of fused-ring (bicyclic) bond motifs is 1. The number of aryl methyl sites for hydroxylation is 1. The summed E-state index contributed by atoms with van der Waals surface area (Å²) in [6.07, 6.45) is 4.66. The third-order valence-electron chi connectivity index (χ3n) is 4.19. The summed E-state index contributed by atoms with van der Waals surface area (Å²) in [6, 6.07) is 5.94. The van der Waals surface area contributed by atoms with Gasteiger partial charge >= 0.3 is 0 Å². The molecule has 1 aromatic carbocycles. The maximum Gasteiger partial charge on any atom is 0.130 e. The van der Waals surface area contributed by atoms with Crippen molar-refractivity contribution >= 4 is 22.6 Å². The highest BCUT2D eigenvalue weighted by Crippen LogP contribution is 2.37. The summed E-state index contributed by atoms with van der Waals surface area (Å²) in [5.74, 6) is 1.13. The van der Waals surface area contributed by atoms with Crippen molar-refractivity contribution in [3.63, 3.8) is 0 Å². The van der Waals surface area contributed by atoms with Crippen LogP contribution < -0.4 is 5.32 Å². The van der Waals surface area contributed by atoms with Crippen LogP contribution in [0.1, 0.15) is 38.4 Å². The maximum atomic E-state index is 6.32. The van der Waals surface area contributed by atoms with Crippen LogP contribution in [0.15, 0.2) is 18.2 Å². The van der Waals surface area contributed by atoms with E-state index in [1.165, 1.54) is 6.42 Å². The second kappa shape index (κ2) is 4.80. The highest BCUT2D eigenvalue weighted by Gasteiger charge is 2.38. The largest absolute Gasteiger partial charge is 0.328 e. The Labute approximate surface area is 119 Å². The summed E-state index contributed by atoms with van der Waals surface area (Å²) in [4.78, 5) is 4.86. The molecule has 1 saturated heterocycles. The van der Waals surface area contributed by atoms with E-state index >= 15 is 0 Å². The van der Waals surface area contributed by atoms with Gasteiger partial charge in [-0.25, -0.2) is 4.98 Å². The molecule has 1 unspecified atom stereocenters. The van der Waals surface area contributed by atoms with Crippen molar-refractivity contribution in [2.24, 2.45) is 7.05 Å². The lowest BCUT2D eigenvalue weighted by Gasteiger charge is -2.28. The average molecular weight is 278 g/mol. The lowest BCUT2D eigenvalue weighted by molar-refractivity contribution is 0.327. The molecule has 19 heavy (non-hydrogen) atoms. The molecular formula is C15H20ClN3. The molecule has 3 nitrogen and oxygen atoms in total. The Morgan fingerprint density at radius 1 is 1.47 bits per heavy atom. The topological polar surface area (TPSA) is 29.9 Å². The van der Waals surface area contributed by atoms with Gasteiger partial charge in [-0.05, 0) is 37.9 Å². The van der Waals surface area contributed by atoms with Crippen molar-refractivity contribution in [2.45, 2.75) is 38.1 Å². The van der Waals surface area contributed by atoms with Gasteiger partial charge < -0.3 is 9.88 Å². The molecular weight excluding hydrogens is 258 g/mol. The number of rotatable bonds is 3. The first-order valence-corrected chi connectivity index (χ1v) is 7.42. The monoisotopic (exact) mass is 277 g/mol. The van der Waals surface area contributed by atoms with Crippen LogP contribution in [0.25, 0.3) is 11.0 Å². The number of nitrogens with one attached hydrogen (secondary N) is 1. The van der Waals surface area contributed by atoms with Crippen LogP contribution in [0.5, 0.6) is 0 Å². The first-order valence-electron chi connectivity index (χ1n) is 7.04. The summed E-state index contributed by atoms with van der Waals surface area (Å²) in [6.45, 7) is 3.31. The number of imidazole rings is 1. The summed E-state index contributed by atoms with van der Waals surface area (Å²) in [7, 11) is 2.08. The second-order valence-corrected chi connectivity index (χ2v) is 5.87. The zero-order chi connectivity index (χ0) is 13.5. The number of para-hydroxylation sites is 1. The number of halogens is 1. The fourth-order valence-electron chi connectivity index (χ4n) is 3.40. The van der Waals surface area contributed by atoms with Gasteiger partial charge in [0.2, 0.25) is 0 Å². The summed E-state index contributed by atoms with van der Waals surface area (Å²) >= 11 is 6.32. The van der Waals surface area contributed by atoms with E-state index in [2.05, 4.69) is 23.9 Å². The van der Waals surface area contributed by atoms with Crippen LogP contribution in [0.3, 0.4) is 0 Å². The zero-order valence-electron chi connectivity index (χ0n) is 11.5. The molecule has 1 atom stereocenters. The number of nitrogens with zero attached hydrogens (tertiary/aromatic N) is 2. The molecule has 1 aliphatic heterocycles. The van der Waals surface area contributed by atoms with E-state index in [-0.39, 0.29) is 5.54 Å². The molecule has 2 heterocycles. The van der Waals surface area contributed by atoms with E-state index < -0.39 is 0 Å². The van der Waals surface area contributed by atoms with Gasteiger partial charge in [-0.3, -0.25) is 0 Å². The molecule has 0 aliphatic carbocycles. The zero-order valence-corrected chi connectivity index (χ0v) is 12.3. The molecule has 1 aromatic heterocycles. The fraction of sp³-hybridized carbons (Fsp3) is 0.533. The van der Waals surface area contributed by atoms with E-state index in [0.717, 1.165) is 47.7 Å². The molecule has 102 valence electrons. The molecule has 1 aliphatic rings. The fourth-order valence-corrected chi connectivity index (χ4v) is 3.69. The Hall–Kier alpha value is -1.06. The third-order valence-corrected chi connectivity index (χ3v) is 4.50. The normalized spacial score (nSPS) is 23.3. The van der Waals surface area contributed by atoms with Crippen LogP contribution >= 0.6 is 11.6 Å². The van der Waals surface area contributed by atoms with Gasteiger partial charge in [0, 0.05) is 7.05 Å². The van der Waals surface area contributed by atoms with Crippen molar-refractivity contribution in [2.75, 3.05) is 6.54 Å². The van der Waals surface area contributed by atoms with E-state index in [9.17, 15) is 0 Å². The Kier molecular flexibility index (Phi) is 3.27. The van der Waals surface area contributed by atoms with Crippen LogP contribution in [-0.4, -0.2) is 16.1 Å². The minimum absolute atomic E-state index is 0.0336. The third kappa shape index (κ3) is 1.96. The summed E-state index contributed by atoms with van der Waals surface area (Å²) in [5, 5.41) is 4.46. The quantitative estimate of drug-likeness (QED) is 0.929. The van der Waals surface area contributed by atoms with Gasteiger partial charge in [0.15, 0.2) is 0 Å². The van der Waals surface area contributed by atoms with Crippen LogP contribution in [-0.2, 0) is 12.6 Å². The van der Waals surface area contributed by atoms with Crippen LogP contribution in [0, 0.1) is 0 Å². The van der Waals surface area contributed by atoms with Crippen LogP contribution in [0.4, 0.5) is 0 Å². The molecule has 2 aromatic rings. The number of benzene rings is 1. The molecule has 0 radical (unpaired) electrons. The smallest absolute Gasteiger partial charge is 0.130 e. The van der Waals surface area contributed by atoms with E-state index in [4.69, 9.17) is 16.6 Å². The lowest BCUT2D eigenvalue weighted by Crippen LogP contribution is -2.39. The molecule has 1 fully saturated rings. The Bertz CT molecular complexity index is 597. The van der Waals surface area contributed by atoms with Gasteiger partial charge in [0.1, 0.15) is 5.82 Å². The number of hydrogen-bond acceptors (Lipinski definition) is 2. The van der Waals surface area contributed by atoms with Gasteiger partial charge in [0.25, 0.3) is 0 Å². The lowest BCUT2D eigenvalue weighted by atomic mass is 9.91. The van der Waals surface area contributed by atoms with Crippen molar-refractivity contribution in [1.82, 2.24) is 14.9 Å².